The second-order valence-corrected chi connectivity index (χ2v) is 22.8. The molecule has 0 atom stereocenters. The zero-order valence-electron chi connectivity index (χ0n) is 34.6. The van der Waals surface area contributed by atoms with Gasteiger partial charge in [0.05, 0.1) is 13.7 Å². The minimum atomic E-state index is -1.37. The average molecular weight is 963 g/mol. The van der Waals surface area contributed by atoms with E-state index in [1.165, 1.54) is 91.8 Å². The third-order valence-corrected chi connectivity index (χ3v) is 14.3. The summed E-state index contributed by atoms with van der Waals surface area (Å²) < 4.78 is 19.6. The molecule has 2 fully saturated rings. The molecule has 0 aliphatic heterocycles. The topological polar surface area (TPSA) is 38.9 Å². The SMILES string of the molecule is CC(C)c1cc(-c2[c-]cc(C3CCCCC3)cc2)ncc1[Si](C)(C)C.Fc1ccc(-c2ccc3oc4c(-c5cc(CC6CCCC6)ccn5)[c-]ccc4c3c2)cc1.[Ir]. The zero-order chi connectivity index (χ0) is 39.5. The molecule has 3 heterocycles. The number of hydrogen-bond donors (Lipinski definition) is 0. The van der Waals surface area contributed by atoms with Gasteiger partial charge in [-0.3, -0.25) is 0 Å². The van der Waals surface area contributed by atoms with Gasteiger partial charge in [0.25, 0.3) is 0 Å². The number of nitrogens with zero attached hydrogens (tertiary/aromatic N) is 2. The van der Waals surface area contributed by atoms with Crippen molar-refractivity contribution in [1.29, 1.82) is 0 Å². The van der Waals surface area contributed by atoms with E-state index in [1.807, 2.05) is 30.5 Å². The molecule has 301 valence electrons. The number of rotatable bonds is 8. The number of fused-ring (bicyclic) bond motifs is 3. The van der Waals surface area contributed by atoms with Crippen molar-refractivity contribution in [2.24, 2.45) is 5.92 Å². The summed E-state index contributed by atoms with van der Waals surface area (Å²) in [6, 6.07) is 37.0. The minimum Gasteiger partial charge on any atom is -0.501 e. The monoisotopic (exact) mass is 963 g/mol. The summed E-state index contributed by atoms with van der Waals surface area (Å²) in [5.41, 5.74) is 11.9. The molecule has 0 bridgehead atoms. The van der Waals surface area contributed by atoms with Crippen molar-refractivity contribution >= 4 is 35.2 Å². The van der Waals surface area contributed by atoms with Crippen LogP contribution in [-0.4, -0.2) is 18.0 Å². The molecule has 0 amide bonds. The van der Waals surface area contributed by atoms with Gasteiger partial charge in [0.1, 0.15) is 11.4 Å². The summed E-state index contributed by atoms with van der Waals surface area (Å²) >= 11 is 0. The number of halogens is 1. The van der Waals surface area contributed by atoms with Gasteiger partial charge in [-0.1, -0.05) is 150 Å². The molecule has 0 spiro atoms. The Morgan fingerprint density at radius 3 is 2.21 bits per heavy atom. The van der Waals surface area contributed by atoms with Crippen molar-refractivity contribution in [2.45, 2.75) is 110 Å². The Balaban J connectivity index is 0.000000179. The molecule has 0 unspecified atom stereocenters. The van der Waals surface area contributed by atoms with E-state index in [0.29, 0.717) is 5.92 Å². The quantitative estimate of drug-likeness (QED) is 0.113. The Hall–Kier alpha value is -4.22. The first kappa shape index (κ1) is 41.9. The third-order valence-electron chi connectivity index (χ3n) is 12.2. The van der Waals surface area contributed by atoms with Crippen LogP contribution in [0.15, 0.2) is 108 Å². The first-order valence-electron chi connectivity index (χ1n) is 21.2. The predicted molar refractivity (Wildman–Crippen MR) is 238 cm³/mol. The molecule has 4 aromatic carbocycles. The predicted octanol–water partition coefficient (Wildman–Crippen LogP) is 14.2. The number of benzene rings is 4. The van der Waals surface area contributed by atoms with E-state index in [4.69, 9.17) is 9.40 Å². The van der Waals surface area contributed by atoms with Crippen LogP contribution in [-0.2, 0) is 26.5 Å². The van der Waals surface area contributed by atoms with Crippen LogP contribution in [0.5, 0.6) is 0 Å². The van der Waals surface area contributed by atoms with Crippen molar-refractivity contribution in [3.8, 4) is 33.6 Å². The van der Waals surface area contributed by atoms with Crippen molar-refractivity contribution in [2.75, 3.05) is 0 Å². The second-order valence-electron chi connectivity index (χ2n) is 17.8. The van der Waals surface area contributed by atoms with Gasteiger partial charge in [-0.2, -0.15) is 0 Å². The number of furan rings is 1. The molecule has 3 nitrogen and oxygen atoms in total. The van der Waals surface area contributed by atoms with Crippen LogP contribution in [0, 0.1) is 23.9 Å². The van der Waals surface area contributed by atoms with Gasteiger partial charge >= 0.3 is 0 Å². The molecular formula is C52H55FIrN2OSi-2. The Morgan fingerprint density at radius 2 is 1.50 bits per heavy atom. The Labute approximate surface area is 359 Å². The van der Waals surface area contributed by atoms with E-state index in [1.54, 1.807) is 12.1 Å². The normalized spacial score (nSPS) is 15.1. The van der Waals surface area contributed by atoms with Crippen LogP contribution in [0.3, 0.4) is 0 Å². The fourth-order valence-electron chi connectivity index (χ4n) is 9.05. The summed E-state index contributed by atoms with van der Waals surface area (Å²) in [5.74, 6) is 1.84. The fourth-order valence-corrected chi connectivity index (χ4v) is 10.7. The van der Waals surface area contributed by atoms with Gasteiger partial charge in [0.15, 0.2) is 0 Å². The van der Waals surface area contributed by atoms with Gasteiger partial charge in [-0.25, -0.2) is 4.39 Å². The van der Waals surface area contributed by atoms with Crippen molar-refractivity contribution in [3.05, 3.63) is 138 Å². The maximum atomic E-state index is 13.3. The maximum Gasteiger partial charge on any atom is 0.123 e. The number of aromatic nitrogens is 2. The molecule has 1 radical (unpaired) electrons. The van der Waals surface area contributed by atoms with E-state index >= 15 is 0 Å². The van der Waals surface area contributed by atoms with E-state index < -0.39 is 8.07 Å². The van der Waals surface area contributed by atoms with E-state index in [-0.39, 0.29) is 25.9 Å². The van der Waals surface area contributed by atoms with Crippen molar-refractivity contribution in [3.63, 3.8) is 0 Å². The van der Waals surface area contributed by atoms with Crippen LogP contribution in [0.1, 0.15) is 100 Å². The minimum absolute atomic E-state index is 0. The average Bonchev–Trinajstić information content (AvgIpc) is 3.89. The van der Waals surface area contributed by atoms with Crippen LogP contribution < -0.4 is 5.19 Å². The van der Waals surface area contributed by atoms with Gasteiger partial charge in [-0.15, -0.1) is 53.6 Å². The smallest absolute Gasteiger partial charge is 0.123 e. The van der Waals surface area contributed by atoms with Crippen LogP contribution in [0.2, 0.25) is 19.6 Å². The van der Waals surface area contributed by atoms with Gasteiger partial charge < -0.3 is 14.4 Å². The first-order valence-corrected chi connectivity index (χ1v) is 24.7. The molecule has 0 N–H and O–H groups in total. The Kier molecular flexibility index (Phi) is 13.3. The molecular weight excluding hydrogens is 908 g/mol. The van der Waals surface area contributed by atoms with E-state index in [9.17, 15) is 4.39 Å². The largest absolute Gasteiger partial charge is 0.501 e. The molecule has 0 saturated heterocycles. The van der Waals surface area contributed by atoms with Crippen LogP contribution in [0.25, 0.3) is 55.6 Å². The summed E-state index contributed by atoms with van der Waals surface area (Å²) in [6.07, 6.45) is 17.4. The molecule has 2 aliphatic rings. The van der Waals surface area contributed by atoms with Gasteiger partial charge in [-0.05, 0) is 76.3 Å². The number of hydrogen-bond acceptors (Lipinski definition) is 3. The molecule has 2 aliphatic carbocycles. The summed E-state index contributed by atoms with van der Waals surface area (Å²) in [5, 5.41) is 3.57. The Morgan fingerprint density at radius 1 is 0.759 bits per heavy atom. The molecule has 3 aromatic heterocycles. The zero-order valence-corrected chi connectivity index (χ0v) is 38.0. The summed E-state index contributed by atoms with van der Waals surface area (Å²) in [6.45, 7) is 11.8. The van der Waals surface area contributed by atoms with Crippen molar-refractivity contribution < 1.29 is 28.9 Å². The summed E-state index contributed by atoms with van der Waals surface area (Å²) in [7, 11) is -1.37. The van der Waals surface area contributed by atoms with Crippen molar-refractivity contribution in [1.82, 2.24) is 9.97 Å². The maximum absolute atomic E-state index is 13.3. The molecule has 2 saturated carbocycles. The van der Waals surface area contributed by atoms with Gasteiger partial charge in [0, 0.05) is 37.9 Å². The third kappa shape index (κ3) is 9.46. The van der Waals surface area contributed by atoms with Crippen LogP contribution >= 0.6 is 0 Å². The first-order chi connectivity index (χ1) is 27.6. The van der Waals surface area contributed by atoms with E-state index in [0.717, 1.165) is 73.8 Å². The molecule has 6 heteroatoms. The second kappa shape index (κ2) is 18.4. The molecule has 9 rings (SSSR count). The number of pyridine rings is 2. The van der Waals surface area contributed by atoms with Gasteiger partial charge in [0.2, 0.25) is 0 Å². The Bertz CT molecular complexity index is 2450. The standard InChI is InChI=1S/C29H23FNO.C23H32NSi.Ir/c30-23-11-8-21(9-12-23)22-10-13-28-26(18-22)24-6-3-7-25(29(24)32-28)27-17-20(14-15-31-27)16-19-4-1-2-5-19;1-17(2)21-15-22(24-16-23(21)25(3,4)5)20-13-11-19(12-14-20)18-9-7-6-8-10-18;/h3,6,8-15,17-19H,1-2,4-5,16H2;11-13,15-18H,6-10H2,1-5H3;/q2*-1;. The molecule has 58 heavy (non-hydrogen) atoms. The van der Waals surface area contributed by atoms with E-state index in [2.05, 4.69) is 99.3 Å². The molecule has 7 aromatic rings. The van der Waals surface area contributed by atoms with Crippen LogP contribution in [0.4, 0.5) is 4.39 Å². The fraction of sp³-hybridized carbons (Fsp3) is 0.346. The summed E-state index contributed by atoms with van der Waals surface area (Å²) in [4.78, 5) is 9.46.